The number of aliphatic hydroxyl groups is 1. The molecule has 1 heterocycles. The summed E-state index contributed by atoms with van der Waals surface area (Å²) in [5.41, 5.74) is 0.929. The predicted octanol–water partition coefficient (Wildman–Crippen LogP) is 2.19. The van der Waals surface area contributed by atoms with Gasteiger partial charge in [0.2, 0.25) is 5.91 Å². The van der Waals surface area contributed by atoms with E-state index in [9.17, 15) is 4.79 Å². The van der Waals surface area contributed by atoms with Crippen molar-refractivity contribution in [3.63, 3.8) is 0 Å². The van der Waals surface area contributed by atoms with Crippen molar-refractivity contribution in [1.82, 2.24) is 14.5 Å². The Morgan fingerprint density at radius 3 is 2.73 bits per heavy atom. The number of nitrogens with zero attached hydrogens (tertiary/aromatic N) is 3. The van der Waals surface area contributed by atoms with Crippen LogP contribution in [0.4, 0.5) is 0 Å². The summed E-state index contributed by atoms with van der Waals surface area (Å²) in [4.78, 5) is 19.0. The minimum atomic E-state index is -0.0603. The lowest BCUT2D eigenvalue weighted by Crippen LogP contribution is -2.34. The maximum atomic E-state index is 12.3. The highest BCUT2D eigenvalue weighted by molar-refractivity contribution is 8.00. The van der Waals surface area contributed by atoms with Crippen LogP contribution in [0.1, 0.15) is 5.69 Å². The number of aliphatic hydroxyl groups excluding tert-OH is 1. The van der Waals surface area contributed by atoms with Crippen molar-refractivity contribution in [3.05, 3.63) is 47.5 Å². The molecule has 2 rings (SSSR count). The van der Waals surface area contributed by atoms with Gasteiger partial charge in [0.25, 0.3) is 0 Å². The Morgan fingerprint density at radius 2 is 2.14 bits per heavy atom. The fraction of sp³-hybridized carbons (Fsp3) is 0.333. The number of aromatic nitrogens is 2. The molecule has 0 saturated heterocycles. The van der Waals surface area contributed by atoms with E-state index >= 15 is 0 Å². The molecule has 0 spiro atoms. The number of thioether (sulfide) groups is 1. The SMILES string of the molecule is Cn1cncc1CN(CCO)C(=O)CSc1ccc(Cl)cc1. The van der Waals surface area contributed by atoms with Crippen LogP contribution in [0.5, 0.6) is 0 Å². The summed E-state index contributed by atoms with van der Waals surface area (Å²) in [6.07, 6.45) is 3.42. The van der Waals surface area contributed by atoms with Crippen LogP contribution in [0.15, 0.2) is 41.7 Å². The first-order valence-electron chi connectivity index (χ1n) is 6.82. The van der Waals surface area contributed by atoms with E-state index in [2.05, 4.69) is 4.98 Å². The molecule has 0 aliphatic heterocycles. The second kappa shape index (κ2) is 8.22. The first-order chi connectivity index (χ1) is 10.6. The minimum Gasteiger partial charge on any atom is -0.395 e. The van der Waals surface area contributed by atoms with Crippen molar-refractivity contribution in [2.24, 2.45) is 7.05 Å². The first-order valence-corrected chi connectivity index (χ1v) is 8.18. The van der Waals surface area contributed by atoms with Gasteiger partial charge in [0.05, 0.1) is 30.9 Å². The smallest absolute Gasteiger partial charge is 0.233 e. The number of carbonyl (C=O) groups excluding carboxylic acids is 1. The summed E-state index contributed by atoms with van der Waals surface area (Å²) in [7, 11) is 1.88. The molecule has 22 heavy (non-hydrogen) atoms. The highest BCUT2D eigenvalue weighted by atomic mass is 35.5. The molecule has 1 amide bonds. The van der Waals surface area contributed by atoms with Gasteiger partial charge in [-0.2, -0.15) is 0 Å². The van der Waals surface area contributed by atoms with E-state index in [1.807, 2.05) is 23.7 Å². The standard InChI is InChI=1S/C15H18ClN3O2S/c1-18-11-17-8-13(18)9-19(6-7-20)15(21)10-22-14-4-2-12(16)3-5-14/h2-5,8,11,20H,6-7,9-10H2,1H3. The molecule has 118 valence electrons. The van der Waals surface area contributed by atoms with Crippen LogP contribution in [-0.2, 0) is 18.4 Å². The van der Waals surface area contributed by atoms with Crippen molar-refractivity contribution < 1.29 is 9.90 Å². The van der Waals surface area contributed by atoms with Crippen LogP contribution in [0.25, 0.3) is 0 Å². The Morgan fingerprint density at radius 1 is 1.41 bits per heavy atom. The van der Waals surface area contributed by atoms with Gasteiger partial charge in [0, 0.05) is 29.7 Å². The van der Waals surface area contributed by atoms with Gasteiger partial charge in [-0.25, -0.2) is 4.98 Å². The van der Waals surface area contributed by atoms with Crippen molar-refractivity contribution in [3.8, 4) is 0 Å². The third kappa shape index (κ3) is 4.76. The van der Waals surface area contributed by atoms with Gasteiger partial charge in [-0.05, 0) is 24.3 Å². The van der Waals surface area contributed by atoms with Crippen LogP contribution in [-0.4, -0.2) is 44.4 Å². The molecule has 0 aliphatic carbocycles. The van der Waals surface area contributed by atoms with Crippen molar-refractivity contribution in [2.45, 2.75) is 11.4 Å². The maximum absolute atomic E-state index is 12.3. The zero-order chi connectivity index (χ0) is 15.9. The molecule has 5 nitrogen and oxygen atoms in total. The first kappa shape index (κ1) is 16.9. The molecule has 7 heteroatoms. The van der Waals surface area contributed by atoms with E-state index in [4.69, 9.17) is 16.7 Å². The molecule has 1 aromatic heterocycles. The molecular weight excluding hydrogens is 322 g/mol. The van der Waals surface area contributed by atoms with E-state index in [1.165, 1.54) is 11.8 Å². The average Bonchev–Trinajstić information content (AvgIpc) is 2.91. The average molecular weight is 340 g/mol. The highest BCUT2D eigenvalue weighted by Crippen LogP contribution is 2.21. The predicted molar refractivity (Wildman–Crippen MR) is 87.9 cm³/mol. The molecule has 0 atom stereocenters. The summed E-state index contributed by atoms with van der Waals surface area (Å²) in [6.45, 7) is 0.692. The third-order valence-corrected chi connectivity index (χ3v) is 4.42. The molecule has 0 radical (unpaired) electrons. The van der Waals surface area contributed by atoms with E-state index in [0.717, 1.165) is 10.6 Å². The summed E-state index contributed by atoms with van der Waals surface area (Å²) in [5.74, 6) is 0.301. The van der Waals surface area contributed by atoms with Crippen LogP contribution >= 0.6 is 23.4 Å². The van der Waals surface area contributed by atoms with Gasteiger partial charge in [0.1, 0.15) is 0 Å². The van der Waals surface area contributed by atoms with E-state index in [0.29, 0.717) is 23.9 Å². The van der Waals surface area contributed by atoms with E-state index in [1.54, 1.807) is 29.6 Å². The highest BCUT2D eigenvalue weighted by Gasteiger charge is 2.15. The molecule has 0 bridgehead atoms. The Labute approximate surface area is 138 Å². The lowest BCUT2D eigenvalue weighted by atomic mass is 10.4. The second-order valence-corrected chi connectivity index (χ2v) is 6.26. The van der Waals surface area contributed by atoms with Crippen molar-refractivity contribution in [2.75, 3.05) is 18.9 Å². The molecule has 0 saturated carbocycles. The normalized spacial score (nSPS) is 10.7. The number of amides is 1. The Hall–Kier alpha value is -1.50. The fourth-order valence-corrected chi connectivity index (χ4v) is 2.84. The summed E-state index contributed by atoms with van der Waals surface area (Å²) in [6, 6.07) is 7.38. The van der Waals surface area contributed by atoms with Crippen LogP contribution < -0.4 is 0 Å². The van der Waals surface area contributed by atoms with Crippen molar-refractivity contribution in [1.29, 1.82) is 0 Å². The molecule has 1 N–H and O–H groups in total. The Balaban J connectivity index is 1.94. The lowest BCUT2D eigenvalue weighted by molar-refractivity contribution is -0.129. The van der Waals surface area contributed by atoms with Crippen LogP contribution in [0.3, 0.4) is 0 Å². The van der Waals surface area contributed by atoms with Crippen LogP contribution in [0, 0.1) is 0 Å². The third-order valence-electron chi connectivity index (χ3n) is 3.17. The molecule has 1 aromatic carbocycles. The molecular formula is C15H18ClN3O2S. The number of halogens is 1. The summed E-state index contributed by atoms with van der Waals surface area (Å²) >= 11 is 7.29. The summed E-state index contributed by atoms with van der Waals surface area (Å²) < 4.78 is 1.87. The molecule has 0 fully saturated rings. The number of hydrogen-bond donors (Lipinski definition) is 1. The topological polar surface area (TPSA) is 58.4 Å². The van der Waals surface area contributed by atoms with Gasteiger partial charge in [0.15, 0.2) is 0 Å². The van der Waals surface area contributed by atoms with Gasteiger partial charge in [-0.15, -0.1) is 11.8 Å². The van der Waals surface area contributed by atoms with Gasteiger partial charge >= 0.3 is 0 Å². The summed E-state index contributed by atoms with van der Waals surface area (Å²) in [5, 5.41) is 9.84. The zero-order valence-electron chi connectivity index (χ0n) is 12.3. The molecule has 0 unspecified atom stereocenters. The Bertz CT molecular complexity index is 616. The number of benzene rings is 1. The largest absolute Gasteiger partial charge is 0.395 e. The Kier molecular flexibility index (Phi) is 6.30. The maximum Gasteiger partial charge on any atom is 0.233 e. The number of carbonyl (C=O) groups is 1. The number of aryl methyl sites for hydroxylation is 1. The molecule has 2 aromatic rings. The number of rotatable bonds is 7. The molecule has 0 aliphatic rings. The quantitative estimate of drug-likeness (QED) is 0.786. The second-order valence-electron chi connectivity index (χ2n) is 4.78. The fourth-order valence-electron chi connectivity index (χ4n) is 1.91. The van der Waals surface area contributed by atoms with Gasteiger partial charge < -0.3 is 14.6 Å². The van der Waals surface area contributed by atoms with Gasteiger partial charge in [-0.3, -0.25) is 4.79 Å². The van der Waals surface area contributed by atoms with Crippen molar-refractivity contribution >= 4 is 29.3 Å². The lowest BCUT2D eigenvalue weighted by Gasteiger charge is -2.21. The minimum absolute atomic E-state index is 0.0183. The zero-order valence-corrected chi connectivity index (χ0v) is 13.8. The number of hydrogen-bond acceptors (Lipinski definition) is 4. The van der Waals surface area contributed by atoms with Gasteiger partial charge in [-0.1, -0.05) is 11.6 Å². The number of imidazole rings is 1. The van der Waals surface area contributed by atoms with E-state index in [-0.39, 0.29) is 12.5 Å². The van der Waals surface area contributed by atoms with Crippen LogP contribution in [0.2, 0.25) is 5.02 Å². The van der Waals surface area contributed by atoms with E-state index < -0.39 is 0 Å². The monoisotopic (exact) mass is 339 g/mol.